The van der Waals surface area contributed by atoms with Gasteiger partial charge in [-0.3, -0.25) is 24.5 Å². The number of amides is 2. The Balaban J connectivity index is 0.000000271. The summed E-state index contributed by atoms with van der Waals surface area (Å²) in [6, 6.07) is 6.89. The van der Waals surface area contributed by atoms with Gasteiger partial charge < -0.3 is 9.84 Å². The van der Waals surface area contributed by atoms with Crippen LogP contribution in [-0.2, 0) is 14.4 Å². The molecule has 0 spiro atoms. The first kappa shape index (κ1) is 26.0. The van der Waals surface area contributed by atoms with Gasteiger partial charge in [0.15, 0.2) is 0 Å². The Bertz CT molecular complexity index is 898. The minimum absolute atomic E-state index is 0.204. The maximum atomic E-state index is 11.9. The van der Waals surface area contributed by atoms with Crippen LogP contribution in [-0.4, -0.2) is 28.2 Å². The number of rotatable bonds is 8. The van der Waals surface area contributed by atoms with Crippen molar-refractivity contribution < 1.29 is 29.0 Å². The molecule has 2 N–H and O–H groups in total. The molecule has 4 rings (SSSR count). The quantitative estimate of drug-likeness (QED) is 0.266. The van der Waals surface area contributed by atoms with E-state index in [4.69, 9.17) is 9.84 Å². The van der Waals surface area contributed by atoms with Gasteiger partial charge in [0.05, 0.1) is 4.91 Å². The van der Waals surface area contributed by atoms with Crippen molar-refractivity contribution in [3.8, 4) is 5.75 Å². The summed E-state index contributed by atoms with van der Waals surface area (Å²) in [5.41, 5.74) is 0.771. The fourth-order valence-corrected chi connectivity index (χ4v) is 5.32. The van der Waals surface area contributed by atoms with Crippen molar-refractivity contribution in [2.45, 2.75) is 77.0 Å². The van der Waals surface area contributed by atoms with Crippen LogP contribution in [0.4, 0.5) is 4.79 Å². The Morgan fingerprint density at radius 3 is 2.00 bits per heavy atom. The van der Waals surface area contributed by atoms with Crippen LogP contribution in [0, 0.1) is 11.8 Å². The van der Waals surface area contributed by atoms with E-state index in [0.717, 1.165) is 36.1 Å². The van der Waals surface area contributed by atoms with Crippen molar-refractivity contribution in [2.24, 2.45) is 11.8 Å². The fourth-order valence-electron chi connectivity index (χ4n) is 4.63. The number of benzene rings is 1. The first-order valence-electron chi connectivity index (χ1n) is 12.2. The summed E-state index contributed by atoms with van der Waals surface area (Å²) in [4.78, 5) is 45.0. The molecular weight excluding hydrogens is 454 g/mol. The minimum atomic E-state index is -0.646. The number of carboxylic acids is 1. The van der Waals surface area contributed by atoms with Crippen LogP contribution in [0.15, 0.2) is 29.2 Å². The molecule has 2 aliphatic carbocycles. The van der Waals surface area contributed by atoms with Crippen LogP contribution < -0.4 is 10.1 Å². The smallest absolute Gasteiger partial charge is 0.311 e. The predicted octanol–water partition coefficient (Wildman–Crippen LogP) is 5.93. The zero-order valence-electron chi connectivity index (χ0n) is 19.4. The first-order valence-corrected chi connectivity index (χ1v) is 13.0. The van der Waals surface area contributed by atoms with Gasteiger partial charge in [-0.05, 0) is 60.2 Å². The number of carboxylic acid groups (broad SMARTS) is 1. The molecule has 8 heteroatoms. The number of carbonyl (C=O) groups excluding carboxylic acids is 3. The topological polar surface area (TPSA) is 110 Å². The molecule has 0 bridgehead atoms. The summed E-state index contributed by atoms with van der Waals surface area (Å²) in [5.74, 6) is 0.650. The average molecular weight is 488 g/mol. The van der Waals surface area contributed by atoms with Gasteiger partial charge in [0.2, 0.25) is 0 Å². The molecule has 1 heterocycles. The van der Waals surface area contributed by atoms with Gasteiger partial charge in [0, 0.05) is 12.8 Å². The van der Waals surface area contributed by atoms with Gasteiger partial charge in [-0.15, -0.1) is 0 Å². The lowest BCUT2D eigenvalue weighted by Crippen LogP contribution is -2.17. The molecule has 184 valence electrons. The summed E-state index contributed by atoms with van der Waals surface area (Å²) in [6.07, 6.45) is 14.4. The van der Waals surface area contributed by atoms with Gasteiger partial charge in [0.1, 0.15) is 5.75 Å². The Labute approximate surface area is 204 Å². The number of hydrogen-bond acceptors (Lipinski definition) is 6. The number of carbonyl (C=O) groups is 4. The molecule has 2 saturated carbocycles. The number of imide groups is 1. The maximum absolute atomic E-state index is 11.9. The van der Waals surface area contributed by atoms with E-state index < -0.39 is 5.97 Å². The molecule has 0 aromatic heterocycles. The molecule has 1 saturated heterocycles. The summed E-state index contributed by atoms with van der Waals surface area (Å²) in [6.45, 7) is 0. The van der Waals surface area contributed by atoms with E-state index in [1.165, 1.54) is 51.4 Å². The van der Waals surface area contributed by atoms with Crippen LogP contribution in [0.5, 0.6) is 5.75 Å². The first-order chi connectivity index (χ1) is 16.4. The van der Waals surface area contributed by atoms with Crippen molar-refractivity contribution in [2.75, 3.05) is 0 Å². The van der Waals surface area contributed by atoms with Crippen LogP contribution in [0.3, 0.4) is 0 Å². The summed E-state index contributed by atoms with van der Waals surface area (Å²) in [5, 5.41) is 10.2. The molecule has 1 aliphatic heterocycles. The highest BCUT2D eigenvalue weighted by Crippen LogP contribution is 2.30. The summed E-state index contributed by atoms with van der Waals surface area (Å²) < 4.78 is 5.34. The molecule has 3 fully saturated rings. The lowest BCUT2D eigenvalue weighted by molar-refractivity contribution is -0.137. The summed E-state index contributed by atoms with van der Waals surface area (Å²) >= 11 is 0.878. The molecule has 7 nitrogen and oxygen atoms in total. The lowest BCUT2D eigenvalue weighted by Gasteiger charge is -2.08. The van der Waals surface area contributed by atoms with Crippen molar-refractivity contribution in [3.05, 3.63) is 34.7 Å². The number of esters is 1. The fraction of sp³-hybridized carbons (Fsp3) is 0.538. The highest BCUT2D eigenvalue weighted by atomic mass is 32.2. The van der Waals surface area contributed by atoms with Gasteiger partial charge in [-0.2, -0.15) is 0 Å². The number of aliphatic carboxylic acids is 1. The van der Waals surface area contributed by atoms with E-state index >= 15 is 0 Å². The monoisotopic (exact) mass is 487 g/mol. The average Bonchev–Trinajstić information content (AvgIpc) is 3.56. The minimum Gasteiger partial charge on any atom is -0.481 e. The molecule has 2 amide bonds. The van der Waals surface area contributed by atoms with E-state index in [-0.39, 0.29) is 17.1 Å². The molecular formula is C26H33NO6S. The van der Waals surface area contributed by atoms with E-state index in [1.54, 1.807) is 30.3 Å². The number of thioether (sulfide) groups is 1. The Morgan fingerprint density at radius 1 is 0.941 bits per heavy atom. The predicted molar refractivity (Wildman–Crippen MR) is 131 cm³/mol. The second kappa shape index (κ2) is 13.3. The second-order valence-corrected chi connectivity index (χ2v) is 10.2. The SMILES string of the molecule is O=C(CCC1CCCC1)Oc1ccc(/C=C2\SC(=O)NC2=O)cc1.O=C(O)CCC1CCCC1. The Morgan fingerprint density at radius 2 is 1.50 bits per heavy atom. The summed E-state index contributed by atoms with van der Waals surface area (Å²) in [7, 11) is 0. The third-order valence-corrected chi connectivity index (χ3v) is 7.33. The number of hydrogen-bond donors (Lipinski definition) is 2. The molecule has 0 radical (unpaired) electrons. The normalized spacial score (nSPS) is 19.7. The van der Waals surface area contributed by atoms with Crippen LogP contribution in [0.2, 0.25) is 0 Å². The van der Waals surface area contributed by atoms with Gasteiger partial charge in [-0.1, -0.05) is 63.5 Å². The third kappa shape index (κ3) is 8.97. The van der Waals surface area contributed by atoms with E-state index in [2.05, 4.69) is 5.32 Å². The Kier molecular flexibility index (Phi) is 10.2. The van der Waals surface area contributed by atoms with Crippen molar-refractivity contribution >= 4 is 40.9 Å². The zero-order valence-corrected chi connectivity index (χ0v) is 20.2. The van der Waals surface area contributed by atoms with E-state index in [9.17, 15) is 19.2 Å². The Hall–Kier alpha value is -2.61. The molecule has 0 unspecified atom stereocenters. The highest BCUT2D eigenvalue weighted by molar-refractivity contribution is 8.18. The van der Waals surface area contributed by atoms with Crippen molar-refractivity contribution in [3.63, 3.8) is 0 Å². The van der Waals surface area contributed by atoms with Crippen molar-refractivity contribution in [1.82, 2.24) is 5.32 Å². The van der Waals surface area contributed by atoms with Gasteiger partial charge in [-0.25, -0.2) is 0 Å². The van der Waals surface area contributed by atoms with Crippen molar-refractivity contribution in [1.29, 1.82) is 0 Å². The molecule has 3 aliphatic rings. The number of nitrogens with one attached hydrogen (secondary N) is 1. The standard InChI is InChI=1S/C18H19NO4S.C8H14O2/c20-16(10-7-12-3-1-2-4-12)23-14-8-5-13(6-9-14)11-15-17(21)19-18(22)24-15;9-8(10)6-5-7-3-1-2-4-7/h5-6,8-9,11-12H,1-4,7,10H2,(H,19,21,22);7H,1-6H2,(H,9,10)/b15-11-;. The van der Waals surface area contributed by atoms with Crippen LogP contribution in [0.25, 0.3) is 6.08 Å². The highest BCUT2D eigenvalue weighted by Gasteiger charge is 2.25. The lowest BCUT2D eigenvalue weighted by atomic mass is 10.0. The molecule has 1 aromatic carbocycles. The largest absolute Gasteiger partial charge is 0.481 e. The number of ether oxygens (including phenoxy) is 1. The zero-order chi connectivity index (χ0) is 24.3. The molecule has 1 aromatic rings. The maximum Gasteiger partial charge on any atom is 0.311 e. The van der Waals surface area contributed by atoms with E-state index in [1.807, 2.05) is 0 Å². The van der Waals surface area contributed by atoms with Gasteiger partial charge in [0.25, 0.3) is 11.1 Å². The van der Waals surface area contributed by atoms with Gasteiger partial charge >= 0.3 is 11.9 Å². The molecule has 0 atom stereocenters. The second-order valence-electron chi connectivity index (χ2n) is 9.17. The van der Waals surface area contributed by atoms with Crippen LogP contribution in [0.1, 0.15) is 82.6 Å². The third-order valence-electron chi connectivity index (χ3n) is 6.52. The van der Waals surface area contributed by atoms with Crippen LogP contribution >= 0.6 is 11.8 Å². The van der Waals surface area contributed by atoms with E-state index in [0.29, 0.717) is 29.4 Å². The molecule has 34 heavy (non-hydrogen) atoms.